The van der Waals surface area contributed by atoms with Gasteiger partial charge < -0.3 is 15.0 Å². The number of thiophene rings is 1. The number of hydrogen-bond acceptors (Lipinski definition) is 4. The summed E-state index contributed by atoms with van der Waals surface area (Å²) in [4.78, 5) is 10.7. The Morgan fingerprint density at radius 2 is 2.50 bits per heavy atom. The number of carboxylic acid groups (broad SMARTS) is 1. The van der Waals surface area contributed by atoms with Crippen LogP contribution in [0.5, 0.6) is 0 Å². The zero-order valence-electron chi connectivity index (χ0n) is 6.40. The summed E-state index contributed by atoms with van der Waals surface area (Å²) in [5.74, 6) is -0.912. The number of hydrogen-bond donors (Lipinski definition) is 2. The molecule has 0 fully saturated rings. The van der Waals surface area contributed by atoms with Crippen molar-refractivity contribution in [2.45, 2.75) is 0 Å². The lowest BCUT2D eigenvalue weighted by Gasteiger charge is -1.95. The van der Waals surface area contributed by atoms with Crippen LogP contribution in [0.4, 0.5) is 5.00 Å². The molecule has 0 aliphatic carbocycles. The Balaban J connectivity index is 2.58. The highest BCUT2D eigenvalue weighted by atomic mass is 32.1. The van der Waals surface area contributed by atoms with Crippen molar-refractivity contribution in [1.29, 1.82) is 0 Å². The van der Waals surface area contributed by atoms with E-state index in [2.05, 4.69) is 9.88 Å². The third-order valence-electron chi connectivity index (χ3n) is 1.14. The van der Waals surface area contributed by atoms with Crippen molar-refractivity contribution >= 4 is 29.9 Å². The van der Waals surface area contributed by atoms with Crippen molar-refractivity contribution in [3.05, 3.63) is 17.0 Å². The molecular weight excluding hydrogens is 177 g/mol. The number of aromatic carboxylic acids is 1. The third kappa shape index (κ3) is 2.25. The van der Waals surface area contributed by atoms with Crippen LogP contribution in [0.3, 0.4) is 0 Å². The third-order valence-corrected chi connectivity index (χ3v) is 2.14. The Morgan fingerprint density at radius 3 is 3.00 bits per heavy atom. The van der Waals surface area contributed by atoms with Gasteiger partial charge in [0.15, 0.2) is 0 Å². The zero-order valence-corrected chi connectivity index (χ0v) is 7.22. The maximum atomic E-state index is 10.4. The van der Waals surface area contributed by atoms with Crippen LogP contribution in [0.2, 0.25) is 0 Å². The molecule has 0 saturated carbocycles. The molecule has 0 amide bonds. The van der Waals surface area contributed by atoms with Crippen LogP contribution in [-0.4, -0.2) is 25.8 Å². The molecule has 0 atom stereocenters. The van der Waals surface area contributed by atoms with E-state index in [-0.39, 0.29) is 0 Å². The van der Waals surface area contributed by atoms with Crippen LogP contribution in [0.15, 0.2) is 12.1 Å². The van der Waals surface area contributed by atoms with Gasteiger partial charge >= 0.3 is 13.6 Å². The fourth-order valence-corrected chi connectivity index (χ4v) is 1.35. The van der Waals surface area contributed by atoms with Gasteiger partial charge in [0.1, 0.15) is 4.88 Å². The monoisotopic (exact) mass is 184 g/mol. The molecule has 1 aromatic rings. The Bertz CT molecular complexity index is 276. The van der Waals surface area contributed by atoms with Crippen molar-refractivity contribution in [3.8, 4) is 0 Å². The lowest BCUT2D eigenvalue weighted by molar-refractivity contribution is 0.0702. The molecule has 1 heterocycles. The van der Waals surface area contributed by atoms with Gasteiger partial charge in [0.05, 0.1) is 5.00 Å². The highest BCUT2D eigenvalue weighted by molar-refractivity contribution is 7.18. The quantitative estimate of drug-likeness (QED) is 0.686. The van der Waals surface area contributed by atoms with Crippen LogP contribution >= 0.6 is 11.3 Å². The summed E-state index contributed by atoms with van der Waals surface area (Å²) < 4.78 is 4.64. The van der Waals surface area contributed by atoms with E-state index in [4.69, 9.17) is 5.11 Å². The Kier molecular flexibility index (Phi) is 3.13. The van der Waals surface area contributed by atoms with Gasteiger partial charge in [-0.05, 0) is 12.1 Å². The second-order valence-electron chi connectivity index (χ2n) is 1.97. The first kappa shape index (κ1) is 9.09. The van der Waals surface area contributed by atoms with E-state index in [9.17, 15) is 4.79 Å². The maximum absolute atomic E-state index is 10.4. The molecule has 0 bridgehead atoms. The first-order valence-corrected chi connectivity index (χ1v) is 4.00. The standard InChI is InChI=1S/C6H7BNO3S/c1-11-7-8-5-3-2-4(12-5)6(9)10/h2-3,8H,1H3,(H,9,10). The molecule has 12 heavy (non-hydrogen) atoms. The number of carboxylic acids is 1. The van der Waals surface area contributed by atoms with Crippen molar-refractivity contribution < 1.29 is 14.6 Å². The first-order chi connectivity index (χ1) is 5.74. The molecule has 0 aliphatic rings. The van der Waals surface area contributed by atoms with Gasteiger partial charge in [-0.1, -0.05) is 0 Å². The predicted octanol–water partition coefficient (Wildman–Crippen LogP) is 1.04. The Hall–Kier alpha value is -1.01. The van der Waals surface area contributed by atoms with E-state index >= 15 is 0 Å². The van der Waals surface area contributed by atoms with Crippen molar-refractivity contribution in [1.82, 2.24) is 0 Å². The molecule has 0 saturated heterocycles. The van der Waals surface area contributed by atoms with E-state index in [0.717, 1.165) is 16.3 Å². The largest absolute Gasteiger partial charge is 0.477 e. The van der Waals surface area contributed by atoms with E-state index in [1.165, 1.54) is 14.7 Å². The van der Waals surface area contributed by atoms with Crippen LogP contribution in [-0.2, 0) is 4.65 Å². The van der Waals surface area contributed by atoms with Crippen LogP contribution < -0.4 is 5.23 Å². The van der Waals surface area contributed by atoms with Gasteiger partial charge in [-0.3, -0.25) is 0 Å². The van der Waals surface area contributed by atoms with E-state index in [1.807, 2.05) is 0 Å². The highest BCUT2D eigenvalue weighted by Gasteiger charge is 2.06. The number of carbonyl (C=O) groups is 1. The molecule has 1 aromatic heterocycles. The SMILES string of the molecule is CO[B]Nc1ccc(C(=O)O)s1. The molecular formula is C6H7BNO3S. The zero-order chi connectivity index (χ0) is 8.97. The van der Waals surface area contributed by atoms with E-state index in [1.54, 1.807) is 12.1 Å². The summed E-state index contributed by atoms with van der Waals surface area (Å²) in [5.41, 5.74) is 0. The molecule has 6 heteroatoms. The molecule has 4 nitrogen and oxygen atoms in total. The molecule has 63 valence electrons. The predicted molar refractivity (Wildman–Crippen MR) is 47.7 cm³/mol. The topological polar surface area (TPSA) is 58.6 Å². The molecule has 2 N–H and O–H groups in total. The highest BCUT2D eigenvalue weighted by Crippen LogP contribution is 2.20. The van der Waals surface area contributed by atoms with Crippen molar-refractivity contribution in [2.75, 3.05) is 12.3 Å². The number of rotatable bonds is 4. The number of nitrogens with one attached hydrogen (secondary N) is 1. The van der Waals surface area contributed by atoms with Gasteiger partial charge in [-0.15, -0.1) is 11.3 Å². The van der Waals surface area contributed by atoms with Crippen LogP contribution in [0.1, 0.15) is 9.67 Å². The van der Waals surface area contributed by atoms with Gasteiger partial charge in [0.25, 0.3) is 0 Å². The molecule has 1 radical (unpaired) electrons. The van der Waals surface area contributed by atoms with Gasteiger partial charge in [-0.2, -0.15) is 0 Å². The lowest BCUT2D eigenvalue weighted by Crippen LogP contribution is -2.06. The van der Waals surface area contributed by atoms with E-state index < -0.39 is 5.97 Å². The van der Waals surface area contributed by atoms with Gasteiger partial charge in [0.2, 0.25) is 0 Å². The second-order valence-corrected chi connectivity index (χ2v) is 3.05. The summed E-state index contributed by atoms with van der Waals surface area (Å²) in [5, 5.41) is 12.1. The molecule has 0 aliphatic heterocycles. The molecule has 0 spiro atoms. The summed E-state index contributed by atoms with van der Waals surface area (Å²) >= 11 is 1.16. The maximum Gasteiger partial charge on any atom is 0.436 e. The molecule has 0 unspecified atom stereocenters. The second kappa shape index (κ2) is 4.13. The normalized spacial score (nSPS) is 9.42. The minimum absolute atomic E-state index is 0.307. The molecule has 1 rings (SSSR count). The fourth-order valence-electron chi connectivity index (χ4n) is 0.647. The van der Waals surface area contributed by atoms with Gasteiger partial charge in [0, 0.05) is 7.11 Å². The summed E-state index contributed by atoms with van der Waals surface area (Å²) in [6.07, 6.45) is 0. The Labute approximate surface area is 74.5 Å². The minimum atomic E-state index is -0.912. The summed E-state index contributed by atoms with van der Waals surface area (Å²) in [6.45, 7) is 0. The van der Waals surface area contributed by atoms with Crippen LogP contribution in [0, 0.1) is 0 Å². The summed E-state index contributed by atoms with van der Waals surface area (Å²) in [6, 6.07) is 3.22. The van der Waals surface area contributed by atoms with Crippen LogP contribution in [0.25, 0.3) is 0 Å². The molecule has 0 aromatic carbocycles. The number of anilines is 1. The first-order valence-electron chi connectivity index (χ1n) is 3.18. The average molecular weight is 184 g/mol. The van der Waals surface area contributed by atoms with Gasteiger partial charge in [-0.25, -0.2) is 4.79 Å². The van der Waals surface area contributed by atoms with Crippen molar-refractivity contribution in [2.24, 2.45) is 0 Å². The minimum Gasteiger partial charge on any atom is -0.477 e. The average Bonchev–Trinajstić information content (AvgIpc) is 2.48. The smallest absolute Gasteiger partial charge is 0.436 e. The summed E-state index contributed by atoms with van der Waals surface area (Å²) in [7, 11) is 2.90. The lowest BCUT2D eigenvalue weighted by atomic mass is 10.3. The Morgan fingerprint density at radius 1 is 1.75 bits per heavy atom. The fraction of sp³-hybridized carbons (Fsp3) is 0.167. The van der Waals surface area contributed by atoms with E-state index in [0.29, 0.717) is 4.88 Å². The van der Waals surface area contributed by atoms with Crippen molar-refractivity contribution in [3.63, 3.8) is 0 Å².